The van der Waals surface area contributed by atoms with Gasteiger partial charge in [0, 0.05) is 34.1 Å². The Morgan fingerprint density at radius 3 is 1.45 bits per heavy atom. The zero-order chi connectivity index (χ0) is 38.4. The molecule has 0 N–H and O–H groups in total. The van der Waals surface area contributed by atoms with E-state index in [0.29, 0.717) is 0 Å². The Labute approximate surface area is 339 Å². The van der Waals surface area contributed by atoms with Crippen LogP contribution in [0, 0.1) is 0 Å². The van der Waals surface area contributed by atoms with Crippen LogP contribution in [0.15, 0.2) is 224 Å². The lowest BCUT2D eigenvalue weighted by Gasteiger charge is -2.27. The highest BCUT2D eigenvalue weighted by molar-refractivity contribution is 5.91. The summed E-state index contributed by atoms with van der Waals surface area (Å²) in [6.07, 6.45) is 2.38. The first-order chi connectivity index (χ1) is 28.7. The van der Waals surface area contributed by atoms with E-state index >= 15 is 0 Å². The smallest absolute Gasteiger partial charge is 0.135 e. The molecule has 2 nitrogen and oxygen atoms in total. The van der Waals surface area contributed by atoms with Gasteiger partial charge in [-0.1, -0.05) is 176 Å². The molecule has 0 saturated heterocycles. The summed E-state index contributed by atoms with van der Waals surface area (Å²) < 4.78 is 6.86. The molecule has 0 saturated carbocycles. The average Bonchev–Trinajstić information content (AvgIpc) is 3.68. The summed E-state index contributed by atoms with van der Waals surface area (Å²) in [5, 5.41) is 2.51. The van der Waals surface area contributed by atoms with Crippen LogP contribution in [-0.2, 0) is 0 Å². The van der Waals surface area contributed by atoms with Gasteiger partial charge in [0.15, 0.2) is 0 Å². The second-order valence-electron chi connectivity index (χ2n) is 15.3. The summed E-state index contributed by atoms with van der Waals surface area (Å²) in [6.45, 7) is 0. The number of fused-ring (bicyclic) bond motifs is 6. The van der Waals surface area contributed by atoms with E-state index in [0.717, 1.165) is 33.9 Å². The third-order valence-electron chi connectivity index (χ3n) is 11.8. The van der Waals surface area contributed by atoms with Crippen molar-refractivity contribution >= 4 is 33.4 Å². The predicted octanol–water partition coefficient (Wildman–Crippen LogP) is 15.0. The van der Waals surface area contributed by atoms with E-state index in [1.54, 1.807) is 0 Å². The number of anilines is 3. The zero-order valence-electron chi connectivity index (χ0n) is 31.9. The van der Waals surface area contributed by atoms with Gasteiger partial charge in [-0.3, -0.25) is 0 Å². The van der Waals surface area contributed by atoms with Crippen molar-refractivity contribution in [2.24, 2.45) is 0 Å². The molecule has 0 aromatic heterocycles. The third-order valence-corrected chi connectivity index (χ3v) is 11.8. The first-order valence-electron chi connectivity index (χ1n) is 20.1. The lowest BCUT2D eigenvalue weighted by Crippen LogP contribution is -2.15. The zero-order valence-corrected chi connectivity index (χ0v) is 31.9. The Kier molecular flexibility index (Phi) is 8.33. The molecule has 0 fully saturated rings. The molecule has 2 heteroatoms. The first kappa shape index (κ1) is 33.9. The fourth-order valence-electron chi connectivity index (χ4n) is 8.88. The molecule has 0 amide bonds. The second-order valence-corrected chi connectivity index (χ2v) is 15.3. The van der Waals surface area contributed by atoms with Crippen LogP contribution in [0.1, 0.15) is 34.3 Å². The molecule has 11 rings (SSSR count). The Balaban J connectivity index is 0.922. The van der Waals surface area contributed by atoms with Crippen molar-refractivity contribution < 1.29 is 4.74 Å². The molecule has 1 aliphatic carbocycles. The average molecular weight is 742 g/mol. The number of ether oxygens (including phenoxy) is 1. The molecule has 0 radical (unpaired) electrons. The fraction of sp³-hybridized carbons (Fsp3) is 0.0357. The van der Waals surface area contributed by atoms with Crippen molar-refractivity contribution in [1.29, 1.82) is 0 Å². The van der Waals surface area contributed by atoms with Crippen LogP contribution < -0.4 is 9.64 Å². The van der Waals surface area contributed by atoms with Gasteiger partial charge in [0.25, 0.3) is 0 Å². The van der Waals surface area contributed by atoms with Gasteiger partial charge in [0.05, 0.1) is 0 Å². The molecule has 9 aromatic carbocycles. The van der Waals surface area contributed by atoms with Crippen LogP contribution in [0.2, 0.25) is 0 Å². The Morgan fingerprint density at radius 2 is 0.828 bits per heavy atom. The third kappa shape index (κ3) is 6.07. The largest absolute Gasteiger partial charge is 0.484 e. The van der Waals surface area contributed by atoms with Crippen LogP contribution in [0.25, 0.3) is 49.7 Å². The highest BCUT2D eigenvalue weighted by atomic mass is 16.5. The molecule has 0 spiro atoms. The number of rotatable bonds is 7. The van der Waals surface area contributed by atoms with Gasteiger partial charge in [-0.25, -0.2) is 0 Å². The summed E-state index contributed by atoms with van der Waals surface area (Å²) >= 11 is 0. The number of hydrogen-bond acceptors (Lipinski definition) is 2. The predicted molar refractivity (Wildman–Crippen MR) is 241 cm³/mol. The molecule has 274 valence electrons. The SMILES string of the molecule is C1=C(c2ccc3ccccc3c2)c2ccccc2C2Oc3cc(-c4ccc(N(c5ccc(-c6ccccc6)cc5)c5ccc(-c6ccccc6)cc5)cc4)ccc3C12. The summed E-state index contributed by atoms with van der Waals surface area (Å²) in [5.41, 5.74) is 16.6. The lowest BCUT2D eigenvalue weighted by molar-refractivity contribution is 0.223. The Hall–Kier alpha value is -7.42. The number of hydrogen-bond donors (Lipinski definition) is 0. The van der Waals surface area contributed by atoms with E-state index in [4.69, 9.17) is 4.74 Å². The maximum absolute atomic E-state index is 6.86. The van der Waals surface area contributed by atoms with Gasteiger partial charge in [-0.05, 0) is 109 Å². The summed E-state index contributed by atoms with van der Waals surface area (Å²) in [5.74, 6) is 1.10. The molecule has 0 bridgehead atoms. The number of benzene rings is 9. The van der Waals surface area contributed by atoms with Crippen LogP contribution in [0.4, 0.5) is 17.1 Å². The molecular weight excluding hydrogens is 703 g/mol. The van der Waals surface area contributed by atoms with Crippen molar-refractivity contribution in [3.05, 3.63) is 247 Å². The highest BCUT2D eigenvalue weighted by Crippen LogP contribution is 2.53. The van der Waals surface area contributed by atoms with Crippen LogP contribution in [-0.4, -0.2) is 0 Å². The van der Waals surface area contributed by atoms with Gasteiger partial charge in [0.2, 0.25) is 0 Å². The van der Waals surface area contributed by atoms with Gasteiger partial charge in [0.1, 0.15) is 11.9 Å². The minimum absolute atomic E-state index is 0.0526. The summed E-state index contributed by atoms with van der Waals surface area (Å²) in [6, 6.07) is 78.7. The van der Waals surface area contributed by atoms with Gasteiger partial charge in [-0.2, -0.15) is 0 Å². The summed E-state index contributed by atoms with van der Waals surface area (Å²) in [4.78, 5) is 2.33. The van der Waals surface area contributed by atoms with Gasteiger partial charge < -0.3 is 9.64 Å². The molecule has 1 heterocycles. The van der Waals surface area contributed by atoms with E-state index in [-0.39, 0.29) is 12.0 Å². The standard InChI is InChI=1S/C56H39NO/c1-3-11-38(12-4-1)41-21-28-47(29-22-41)57(48-30-23-42(24-31-48)39-13-5-2-6-14-39)49-32-25-43(26-33-49)45-27-34-51-54-37-53(46-20-19-40-15-7-8-16-44(40)35-46)50-17-9-10-18-52(50)56(54)58-55(51)36-45/h1-37,54,56H. The van der Waals surface area contributed by atoms with Crippen LogP contribution in [0.5, 0.6) is 5.75 Å². The quantitative estimate of drug-likeness (QED) is 0.161. The maximum atomic E-state index is 6.86. The minimum Gasteiger partial charge on any atom is -0.484 e. The topological polar surface area (TPSA) is 12.5 Å². The van der Waals surface area contributed by atoms with E-state index in [2.05, 4.69) is 229 Å². The lowest BCUT2D eigenvalue weighted by atomic mass is 9.78. The molecule has 58 heavy (non-hydrogen) atoms. The maximum Gasteiger partial charge on any atom is 0.135 e. The summed E-state index contributed by atoms with van der Waals surface area (Å²) in [7, 11) is 0. The van der Waals surface area contributed by atoms with Crippen LogP contribution in [0.3, 0.4) is 0 Å². The first-order valence-corrected chi connectivity index (χ1v) is 20.1. The van der Waals surface area contributed by atoms with Gasteiger partial charge >= 0.3 is 0 Å². The van der Waals surface area contributed by atoms with Crippen LogP contribution >= 0.6 is 0 Å². The Bertz CT molecular complexity index is 2870. The van der Waals surface area contributed by atoms with E-state index in [9.17, 15) is 0 Å². The fourth-order valence-corrected chi connectivity index (χ4v) is 8.88. The van der Waals surface area contributed by atoms with Crippen molar-refractivity contribution in [3.63, 3.8) is 0 Å². The molecule has 2 unspecified atom stereocenters. The molecular formula is C56H39NO. The normalized spacial score (nSPS) is 15.1. The molecule has 2 atom stereocenters. The van der Waals surface area contributed by atoms with Crippen molar-refractivity contribution in [2.45, 2.75) is 12.0 Å². The van der Waals surface area contributed by atoms with E-state index in [1.807, 2.05) is 0 Å². The van der Waals surface area contributed by atoms with Crippen molar-refractivity contribution in [2.75, 3.05) is 4.90 Å². The van der Waals surface area contributed by atoms with Gasteiger partial charge in [-0.15, -0.1) is 0 Å². The van der Waals surface area contributed by atoms with Crippen molar-refractivity contribution in [3.8, 4) is 39.1 Å². The minimum atomic E-state index is -0.0526. The monoisotopic (exact) mass is 741 g/mol. The van der Waals surface area contributed by atoms with E-state index in [1.165, 1.54) is 60.9 Å². The molecule has 2 aliphatic rings. The Morgan fingerprint density at radius 1 is 0.345 bits per heavy atom. The highest BCUT2D eigenvalue weighted by Gasteiger charge is 2.39. The van der Waals surface area contributed by atoms with Crippen molar-refractivity contribution in [1.82, 2.24) is 0 Å². The molecule has 1 aliphatic heterocycles. The molecule has 9 aromatic rings. The number of nitrogens with zero attached hydrogens (tertiary/aromatic N) is 1. The second kappa shape index (κ2) is 14.3. The van der Waals surface area contributed by atoms with E-state index < -0.39 is 0 Å².